The molecule has 1 aliphatic rings. The molecule has 1 aromatic heterocycles. The van der Waals surface area contributed by atoms with E-state index >= 15 is 0 Å². The number of nitrogens with zero attached hydrogens (tertiary/aromatic N) is 4. The molecular formula is C16H20F2N4O. The average molecular weight is 322 g/mol. The smallest absolute Gasteiger partial charge is 0.159 e. The first-order chi connectivity index (χ1) is 11.0. The third-order valence-corrected chi connectivity index (χ3v) is 4.42. The molecule has 1 fully saturated rings. The van der Waals surface area contributed by atoms with Gasteiger partial charge >= 0.3 is 0 Å². The molecule has 0 unspecified atom stereocenters. The van der Waals surface area contributed by atoms with Crippen molar-refractivity contribution in [3.63, 3.8) is 0 Å². The maximum Gasteiger partial charge on any atom is 0.159 e. The Balaban J connectivity index is 1.48. The largest absolute Gasteiger partial charge is 0.388 e. The second-order valence-corrected chi connectivity index (χ2v) is 6.17. The van der Waals surface area contributed by atoms with E-state index in [9.17, 15) is 13.9 Å². The normalized spacial score (nSPS) is 18.2. The van der Waals surface area contributed by atoms with Crippen molar-refractivity contribution in [2.45, 2.75) is 31.4 Å². The number of aromatic nitrogens is 3. The molecule has 7 heteroatoms. The Morgan fingerprint density at radius 3 is 2.61 bits per heavy atom. The molecule has 124 valence electrons. The van der Waals surface area contributed by atoms with Gasteiger partial charge in [0.25, 0.3) is 0 Å². The van der Waals surface area contributed by atoms with Gasteiger partial charge in [-0.05, 0) is 37.0 Å². The third-order valence-electron chi connectivity index (χ3n) is 4.42. The SMILES string of the molecule is OC1(Cn2ccnn2)CCN(CCc2ccc(F)c(F)c2)CC1. The molecule has 0 radical (unpaired) electrons. The summed E-state index contributed by atoms with van der Waals surface area (Å²) in [7, 11) is 0. The van der Waals surface area contributed by atoms with Crippen molar-refractivity contribution < 1.29 is 13.9 Å². The highest BCUT2D eigenvalue weighted by molar-refractivity contribution is 5.18. The van der Waals surface area contributed by atoms with Gasteiger partial charge in [-0.1, -0.05) is 11.3 Å². The highest BCUT2D eigenvalue weighted by Gasteiger charge is 2.32. The monoisotopic (exact) mass is 322 g/mol. The van der Waals surface area contributed by atoms with Crippen molar-refractivity contribution in [2.24, 2.45) is 0 Å². The van der Waals surface area contributed by atoms with E-state index in [2.05, 4.69) is 15.2 Å². The summed E-state index contributed by atoms with van der Waals surface area (Å²) in [6.07, 6.45) is 5.32. The van der Waals surface area contributed by atoms with Gasteiger partial charge in [0.2, 0.25) is 0 Å². The fraction of sp³-hybridized carbons (Fsp3) is 0.500. The standard InChI is InChI=1S/C16H20F2N4O/c17-14-2-1-13(11-15(14)18)3-7-21-8-4-16(23,5-9-21)12-22-10-6-19-20-22/h1-2,6,10-11,23H,3-5,7-9,12H2. The van der Waals surface area contributed by atoms with E-state index in [0.717, 1.165) is 31.3 Å². The minimum absolute atomic E-state index is 0.448. The Kier molecular flexibility index (Phi) is 4.68. The van der Waals surface area contributed by atoms with Crippen LogP contribution in [-0.2, 0) is 13.0 Å². The molecule has 1 aliphatic heterocycles. The van der Waals surface area contributed by atoms with E-state index in [4.69, 9.17) is 0 Å². The molecule has 2 heterocycles. The van der Waals surface area contributed by atoms with Gasteiger partial charge in [0, 0.05) is 25.8 Å². The number of hydrogen-bond donors (Lipinski definition) is 1. The Morgan fingerprint density at radius 1 is 1.17 bits per heavy atom. The van der Waals surface area contributed by atoms with Crippen LogP contribution in [0.2, 0.25) is 0 Å². The molecule has 0 amide bonds. The maximum absolute atomic E-state index is 13.2. The number of aliphatic hydroxyl groups is 1. The quantitative estimate of drug-likeness (QED) is 0.909. The zero-order valence-corrected chi connectivity index (χ0v) is 12.8. The van der Waals surface area contributed by atoms with Crippen LogP contribution < -0.4 is 0 Å². The Morgan fingerprint density at radius 2 is 1.96 bits per heavy atom. The molecule has 5 nitrogen and oxygen atoms in total. The number of benzene rings is 1. The Bertz CT molecular complexity index is 640. The molecule has 0 bridgehead atoms. The van der Waals surface area contributed by atoms with Gasteiger partial charge in [-0.3, -0.25) is 0 Å². The fourth-order valence-corrected chi connectivity index (χ4v) is 2.95. The zero-order chi connectivity index (χ0) is 16.3. The number of piperidine rings is 1. The lowest BCUT2D eigenvalue weighted by molar-refractivity contribution is -0.0364. The molecule has 0 spiro atoms. The minimum Gasteiger partial charge on any atom is -0.388 e. The highest BCUT2D eigenvalue weighted by Crippen LogP contribution is 2.24. The van der Waals surface area contributed by atoms with Crippen molar-refractivity contribution in [1.82, 2.24) is 19.9 Å². The van der Waals surface area contributed by atoms with Crippen LogP contribution in [0.4, 0.5) is 8.78 Å². The average Bonchev–Trinajstić information content (AvgIpc) is 3.02. The van der Waals surface area contributed by atoms with E-state index in [0.29, 0.717) is 25.8 Å². The van der Waals surface area contributed by atoms with Crippen molar-refractivity contribution in [1.29, 1.82) is 0 Å². The second-order valence-electron chi connectivity index (χ2n) is 6.17. The summed E-state index contributed by atoms with van der Waals surface area (Å²) >= 11 is 0. The van der Waals surface area contributed by atoms with Crippen LogP contribution in [0, 0.1) is 11.6 Å². The van der Waals surface area contributed by atoms with Crippen LogP contribution in [-0.4, -0.2) is 50.2 Å². The van der Waals surface area contributed by atoms with Gasteiger partial charge in [-0.15, -0.1) is 5.10 Å². The first-order valence-electron chi connectivity index (χ1n) is 7.77. The summed E-state index contributed by atoms with van der Waals surface area (Å²) in [6, 6.07) is 4.03. The Labute approximate surface area is 133 Å². The molecule has 1 N–H and O–H groups in total. The summed E-state index contributed by atoms with van der Waals surface area (Å²) in [5.41, 5.74) is 0.0268. The molecule has 2 aromatic rings. The van der Waals surface area contributed by atoms with Gasteiger partial charge in [-0.2, -0.15) is 0 Å². The highest BCUT2D eigenvalue weighted by atomic mass is 19.2. The first-order valence-corrected chi connectivity index (χ1v) is 7.77. The third kappa shape index (κ3) is 4.11. The van der Waals surface area contributed by atoms with E-state index in [1.165, 1.54) is 6.07 Å². The van der Waals surface area contributed by atoms with Gasteiger partial charge < -0.3 is 10.0 Å². The van der Waals surface area contributed by atoms with Crippen molar-refractivity contribution in [3.05, 3.63) is 47.8 Å². The minimum atomic E-state index is -0.815. The molecule has 0 saturated carbocycles. The molecule has 1 aromatic carbocycles. The van der Waals surface area contributed by atoms with Crippen LogP contribution in [0.3, 0.4) is 0 Å². The lowest BCUT2D eigenvalue weighted by Gasteiger charge is -2.38. The van der Waals surface area contributed by atoms with Crippen LogP contribution in [0.25, 0.3) is 0 Å². The lowest BCUT2D eigenvalue weighted by Crippen LogP contribution is -2.47. The summed E-state index contributed by atoms with van der Waals surface area (Å²) in [5, 5.41) is 18.2. The molecule has 0 atom stereocenters. The van der Waals surface area contributed by atoms with Crippen LogP contribution in [0.15, 0.2) is 30.6 Å². The first kappa shape index (κ1) is 16.0. The molecule has 23 heavy (non-hydrogen) atoms. The number of rotatable bonds is 5. The van der Waals surface area contributed by atoms with Gasteiger partial charge in [0.1, 0.15) is 0 Å². The summed E-state index contributed by atoms with van der Waals surface area (Å²) in [6.45, 7) is 2.76. The topological polar surface area (TPSA) is 54.2 Å². The van der Waals surface area contributed by atoms with E-state index in [1.54, 1.807) is 23.1 Å². The predicted molar refractivity (Wildman–Crippen MR) is 80.7 cm³/mol. The van der Waals surface area contributed by atoms with Crippen molar-refractivity contribution >= 4 is 0 Å². The lowest BCUT2D eigenvalue weighted by atomic mass is 9.91. The zero-order valence-electron chi connectivity index (χ0n) is 12.8. The van der Waals surface area contributed by atoms with E-state index in [1.807, 2.05) is 0 Å². The van der Waals surface area contributed by atoms with Gasteiger partial charge in [-0.25, -0.2) is 13.5 Å². The van der Waals surface area contributed by atoms with Crippen molar-refractivity contribution in [3.8, 4) is 0 Å². The molecule has 1 saturated heterocycles. The molecule has 3 rings (SSSR count). The number of hydrogen-bond acceptors (Lipinski definition) is 4. The predicted octanol–water partition coefficient (Wildman–Crippen LogP) is 1.63. The Hall–Kier alpha value is -1.86. The summed E-state index contributed by atoms with van der Waals surface area (Å²) < 4.78 is 27.8. The van der Waals surface area contributed by atoms with Crippen LogP contribution in [0.5, 0.6) is 0 Å². The van der Waals surface area contributed by atoms with E-state index in [-0.39, 0.29) is 0 Å². The number of halogens is 2. The second kappa shape index (κ2) is 6.72. The van der Waals surface area contributed by atoms with Crippen LogP contribution >= 0.6 is 0 Å². The summed E-state index contributed by atoms with van der Waals surface area (Å²) in [5.74, 6) is -1.62. The summed E-state index contributed by atoms with van der Waals surface area (Å²) in [4.78, 5) is 2.23. The number of likely N-dealkylation sites (tertiary alicyclic amines) is 1. The van der Waals surface area contributed by atoms with Gasteiger partial charge in [0.05, 0.1) is 18.3 Å². The van der Waals surface area contributed by atoms with Gasteiger partial charge in [0.15, 0.2) is 11.6 Å². The molecular weight excluding hydrogens is 302 g/mol. The maximum atomic E-state index is 13.2. The molecule has 0 aliphatic carbocycles. The van der Waals surface area contributed by atoms with Crippen LogP contribution in [0.1, 0.15) is 18.4 Å². The van der Waals surface area contributed by atoms with E-state index < -0.39 is 17.2 Å². The van der Waals surface area contributed by atoms with Crippen molar-refractivity contribution in [2.75, 3.05) is 19.6 Å². The fourth-order valence-electron chi connectivity index (χ4n) is 2.95.